The first kappa shape index (κ1) is 16.6. The molecule has 2 aromatic carbocycles. The van der Waals surface area contributed by atoms with Gasteiger partial charge in [-0.1, -0.05) is 53.2 Å². The van der Waals surface area contributed by atoms with Gasteiger partial charge in [0.15, 0.2) is 0 Å². The Morgan fingerprint density at radius 2 is 1.76 bits per heavy atom. The Balaban J connectivity index is 0.00000161. The molecule has 1 aliphatic rings. The van der Waals surface area contributed by atoms with E-state index in [4.69, 9.17) is 5.73 Å². The summed E-state index contributed by atoms with van der Waals surface area (Å²) in [5, 5.41) is 0. The van der Waals surface area contributed by atoms with Gasteiger partial charge in [-0.05, 0) is 55.6 Å². The first-order valence-corrected chi connectivity index (χ1v) is 7.80. The van der Waals surface area contributed by atoms with Crippen molar-refractivity contribution in [2.24, 2.45) is 5.73 Å². The molecule has 110 valence electrons. The zero-order valence-electron chi connectivity index (χ0n) is 12.3. The first-order chi connectivity index (χ1) is 9.70. The molecule has 0 radical (unpaired) electrons. The van der Waals surface area contributed by atoms with Gasteiger partial charge >= 0.3 is 0 Å². The Bertz CT molecular complexity index is 691. The lowest BCUT2D eigenvalue weighted by molar-refractivity contribution is 0.950. The maximum atomic E-state index is 5.77. The van der Waals surface area contributed by atoms with Crippen molar-refractivity contribution in [1.29, 1.82) is 0 Å². The quantitative estimate of drug-likeness (QED) is 0.586. The third-order valence-electron chi connectivity index (χ3n) is 3.73. The molecule has 3 rings (SSSR count). The lowest BCUT2D eigenvalue weighted by atomic mass is 9.91. The number of nitrogens with two attached hydrogens (primary N) is 1. The molecule has 0 saturated carbocycles. The number of benzene rings is 2. The van der Waals surface area contributed by atoms with Crippen LogP contribution in [0.15, 0.2) is 57.8 Å². The van der Waals surface area contributed by atoms with E-state index in [0.717, 1.165) is 6.42 Å². The van der Waals surface area contributed by atoms with E-state index < -0.39 is 0 Å². The minimum atomic E-state index is 0. The third-order valence-corrected chi connectivity index (χ3v) is 4.88. The predicted octanol–water partition coefficient (Wildman–Crippen LogP) is 5.25. The molecule has 0 atom stereocenters. The lowest BCUT2D eigenvalue weighted by Gasteiger charge is -2.24. The number of halogens is 1. The molecule has 0 amide bonds. The van der Waals surface area contributed by atoms with Gasteiger partial charge in [-0.3, -0.25) is 0 Å². The largest absolute Gasteiger partial charge is 0.330 e. The molecule has 0 spiro atoms. The van der Waals surface area contributed by atoms with E-state index in [0.29, 0.717) is 6.54 Å². The fourth-order valence-corrected chi connectivity index (χ4v) is 3.83. The van der Waals surface area contributed by atoms with Crippen LogP contribution in [-0.2, 0) is 0 Å². The summed E-state index contributed by atoms with van der Waals surface area (Å²) in [6, 6.07) is 15.4. The monoisotopic (exact) mass is 409 g/mol. The fourth-order valence-electron chi connectivity index (χ4n) is 2.76. The standard InChI is InChI=1S/C18H19NS.HI/c1-12-7-8-17-15(11-12)18(13(2)9-10-19)14-5-3-4-6-16(14)20-17;/h3-8,11H,9-10,19H2,1-2H3;1H. The summed E-state index contributed by atoms with van der Waals surface area (Å²) in [6.07, 6.45) is 0.946. The van der Waals surface area contributed by atoms with Crippen LogP contribution >= 0.6 is 35.7 Å². The third kappa shape index (κ3) is 3.20. The first-order valence-electron chi connectivity index (χ1n) is 6.99. The second-order valence-electron chi connectivity index (χ2n) is 5.29. The van der Waals surface area contributed by atoms with Gasteiger partial charge in [-0.15, -0.1) is 24.0 Å². The molecule has 0 bridgehead atoms. The highest BCUT2D eigenvalue weighted by atomic mass is 127. The van der Waals surface area contributed by atoms with E-state index >= 15 is 0 Å². The minimum Gasteiger partial charge on any atom is -0.330 e. The van der Waals surface area contributed by atoms with E-state index in [1.54, 1.807) is 0 Å². The number of hydrogen-bond donors (Lipinski definition) is 1. The van der Waals surface area contributed by atoms with Crippen LogP contribution in [0.25, 0.3) is 5.57 Å². The summed E-state index contributed by atoms with van der Waals surface area (Å²) in [5.41, 5.74) is 12.5. The van der Waals surface area contributed by atoms with Crippen LogP contribution in [0.4, 0.5) is 0 Å². The molecule has 21 heavy (non-hydrogen) atoms. The Kier molecular flexibility index (Phi) is 5.52. The average molecular weight is 409 g/mol. The summed E-state index contributed by atoms with van der Waals surface area (Å²) in [5.74, 6) is 0. The van der Waals surface area contributed by atoms with Gasteiger partial charge in [0.1, 0.15) is 0 Å². The summed E-state index contributed by atoms with van der Waals surface area (Å²) >= 11 is 1.87. The van der Waals surface area contributed by atoms with Crippen LogP contribution in [-0.4, -0.2) is 6.54 Å². The van der Waals surface area contributed by atoms with E-state index in [-0.39, 0.29) is 24.0 Å². The van der Waals surface area contributed by atoms with Crippen molar-refractivity contribution in [3.05, 3.63) is 64.7 Å². The Hall–Kier alpha value is -0.780. The van der Waals surface area contributed by atoms with Crippen LogP contribution in [0.1, 0.15) is 30.0 Å². The van der Waals surface area contributed by atoms with Crippen LogP contribution in [0.3, 0.4) is 0 Å². The zero-order chi connectivity index (χ0) is 14.1. The Morgan fingerprint density at radius 1 is 1.05 bits per heavy atom. The number of fused-ring (bicyclic) bond motifs is 2. The normalized spacial score (nSPS) is 14.8. The predicted molar refractivity (Wildman–Crippen MR) is 103 cm³/mol. The maximum Gasteiger partial charge on any atom is 0.0201 e. The van der Waals surface area contributed by atoms with Gasteiger partial charge in [0.2, 0.25) is 0 Å². The van der Waals surface area contributed by atoms with Crippen LogP contribution in [0.5, 0.6) is 0 Å². The SMILES string of the molecule is CC(CCN)=C1c2ccccc2Sc2ccc(C)cc21.I. The summed E-state index contributed by atoms with van der Waals surface area (Å²) in [4.78, 5) is 2.69. The summed E-state index contributed by atoms with van der Waals surface area (Å²) < 4.78 is 0. The lowest BCUT2D eigenvalue weighted by Crippen LogP contribution is -2.05. The molecule has 1 aliphatic heterocycles. The highest BCUT2D eigenvalue weighted by Gasteiger charge is 2.22. The molecule has 0 unspecified atom stereocenters. The minimum absolute atomic E-state index is 0. The van der Waals surface area contributed by atoms with E-state index in [1.165, 1.54) is 37.6 Å². The number of hydrogen-bond acceptors (Lipinski definition) is 2. The number of aryl methyl sites for hydroxylation is 1. The van der Waals surface area contributed by atoms with Crippen LogP contribution in [0, 0.1) is 6.92 Å². The van der Waals surface area contributed by atoms with Crippen molar-refractivity contribution in [3.63, 3.8) is 0 Å². The summed E-state index contributed by atoms with van der Waals surface area (Å²) in [7, 11) is 0. The van der Waals surface area contributed by atoms with Gasteiger partial charge < -0.3 is 5.73 Å². The second kappa shape index (κ2) is 6.99. The van der Waals surface area contributed by atoms with Crippen molar-refractivity contribution >= 4 is 41.3 Å². The highest BCUT2D eigenvalue weighted by Crippen LogP contribution is 2.46. The molecule has 1 heterocycles. The van der Waals surface area contributed by atoms with Gasteiger partial charge in [0, 0.05) is 9.79 Å². The number of rotatable bonds is 2. The van der Waals surface area contributed by atoms with Crippen molar-refractivity contribution in [1.82, 2.24) is 0 Å². The molecule has 1 nitrogen and oxygen atoms in total. The van der Waals surface area contributed by atoms with Gasteiger partial charge in [-0.2, -0.15) is 0 Å². The molecule has 0 saturated heterocycles. The van der Waals surface area contributed by atoms with Gasteiger partial charge in [0.05, 0.1) is 0 Å². The van der Waals surface area contributed by atoms with Crippen molar-refractivity contribution in [2.75, 3.05) is 6.54 Å². The molecule has 2 aromatic rings. The van der Waals surface area contributed by atoms with Crippen molar-refractivity contribution < 1.29 is 0 Å². The zero-order valence-corrected chi connectivity index (χ0v) is 15.5. The van der Waals surface area contributed by atoms with E-state index in [2.05, 4.69) is 56.3 Å². The second-order valence-corrected chi connectivity index (χ2v) is 6.38. The molecule has 3 heteroatoms. The molecular formula is C18H20INS. The molecule has 0 aromatic heterocycles. The Morgan fingerprint density at radius 3 is 2.52 bits per heavy atom. The van der Waals surface area contributed by atoms with Crippen molar-refractivity contribution in [2.45, 2.75) is 30.1 Å². The fraction of sp³-hybridized carbons (Fsp3) is 0.222. The van der Waals surface area contributed by atoms with Gasteiger partial charge in [-0.25, -0.2) is 0 Å². The molecule has 2 N–H and O–H groups in total. The van der Waals surface area contributed by atoms with Crippen LogP contribution in [0.2, 0.25) is 0 Å². The van der Waals surface area contributed by atoms with E-state index in [9.17, 15) is 0 Å². The average Bonchev–Trinajstić information content (AvgIpc) is 2.45. The summed E-state index contributed by atoms with van der Waals surface area (Å²) in [6.45, 7) is 5.06. The van der Waals surface area contributed by atoms with Crippen molar-refractivity contribution in [3.8, 4) is 0 Å². The topological polar surface area (TPSA) is 26.0 Å². The highest BCUT2D eigenvalue weighted by molar-refractivity contribution is 14.0. The van der Waals surface area contributed by atoms with E-state index in [1.807, 2.05) is 11.8 Å². The van der Waals surface area contributed by atoms with Gasteiger partial charge in [0.25, 0.3) is 0 Å². The van der Waals surface area contributed by atoms with Crippen LogP contribution < -0.4 is 5.73 Å². The Labute approximate surface area is 148 Å². The molecule has 0 aliphatic carbocycles. The molecule has 0 fully saturated rings. The maximum absolute atomic E-state index is 5.77. The smallest absolute Gasteiger partial charge is 0.0201 e. The molecular weight excluding hydrogens is 389 g/mol.